The van der Waals surface area contributed by atoms with Gasteiger partial charge in [-0.3, -0.25) is 5.32 Å². The minimum absolute atomic E-state index is 0.319. The van der Waals surface area contributed by atoms with Crippen molar-refractivity contribution in [3.8, 4) is 0 Å². The van der Waals surface area contributed by atoms with Gasteiger partial charge in [-0.25, -0.2) is 0 Å². The Morgan fingerprint density at radius 2 is 0.760 bits per heavy atom. The summed E-state index contributed by atoms with van der Waals surface area (Å²) < 4.78 is 0. The Morgan fingerprint density at radius 3 is 1.04 bits per heavy atom. The molecule has 0 radical (unpaired) electrons. The van der Waals surface area contributed by atoms with Crippen molar-refractivity contribution in [2.75, 3.05) is 7.05 Å². The van der Waals surface area contributed by atoms with E-state index < -0.39 is 6.29 Å². The maximum Gasteiger partial charge on any atom is 0.151 e. The minimum atomic E-state index is -1.11. The fourth-order valence-electron chi connectivity index (χ4n) is 3.28. The Labute approximate surface area is 156 Å². The molecule has 0 aliphatic heterocycles. The van der Waals surface area contributed by atoms with Crippen LogP contribution in [-0.4, -0.2) is 34.9 Å². The lowest BCUT2D eigenvalue weighted by Crippen LogP contribution is -2.23. The van der Waals surface area contributed by atoms with E-state index in [1.807, 2.05) is 0 Å². The molecule has 152 valence electrons. The lowest BCUT2D eigenvalue weighted by molar-refractivity contribution is -0.0466. The highest BCUT2D eigenvalue weighted by molar-refractivity contribution is 4.52. The van der Waals surface area contributed by atoms with E-state index in [4.69, 9.17) is 10.2 Å². The molecule has 1 atom stereocenters. The predicted molar refractivity (Wildman–Crippen MR) is 106 cm³/mol. The van der Waals surface area contributed by atoms with Crippen molar-refractivity contribution in [2.24, 2.45) is 0 Å². The van der Waals surface area contributed by atoms with Crippen LogP contribution in [0.1, 0.15) is 116 Å². The van der Waals surface area contributed by atoms with Crippen LogP contribution in [0.2, 0.25) is 0 Å². The zero-order valence-corrected chi connectivity index (χ0v) is 16.7. The van der Waals surface area contributed by atoms with Gasteiger partial charge in [-0.15, -0.1) is 0 Å². The smallest absolute Gasteiger partial charge is 0.151 e. The van der Waals surface area contributed by atoms with Gasteiger partial charge >= 0.3 is 0 Å². The molecule has 4 nitrogen and oxygen atoms in total. The number of hydrogen-bond acceptors (Lipinski definition) is 4. The van der Waals surface area contributed by atoms with Crippen LogP contribution in [0, 0.1) is 0 Å². The van der Waals surface area contributed by atoms with E-state index in [1.165, 1.54) is 83.5 Å². The van der Waals surface area contributed by atoms with Crippen molar-refractivity contribution in [2.45, 2.75) is 128 Å². The molecule has 0 bridgehead atoms. The van der Waals surface area contributed by atoms with Crippen LogP contribution in [0.5, 0.6) is 0 Å². The third kappa shape index (κ3) is 21.8. The zero-order chi connectivity index (χ0) is 18.6. The SMILES string of the molecule is CNC(O)CCCCCCCCCCCCCCCCCCC(O)O. The van der Waals surface area contributed by atoms with Crippen LogP contribution in [0.25, 0.3) is 0 Å². The van der Waals surface area contributed by atoms with Crippen molar-refractivity contribution >= 4 is 0 Å². The second kappa shape index (κ2) is 20.2. The van der Waals surface area contributed by atoms with Crippen molar-refractivity contribution in [3.05, 3.63) is 0 Å². The van der Waals surface area contributed by atoms with Gasteiger partial charge in [0.15, 0.2) is 6.29 Å². The molecule has 4 heteroatoms. The summed E-state index contributed by atoms with van der Waals surface area (Å²) in [5.74, 6) is 0. The van der Waals surface area contributed by atoms with Gasteiger partial charge in [0.25, 0.3) is 0 Å². The molecule has 0 heterocycles. The van der Waals surface area contributed by atoms with E-state index in [0.29, 0.717) is 6.42 Å². The molecule has 0 aliphatic rings. The highest BCUT2D eigenvalue weighted by Crippen LogP contribution is 2.14. The molecule has 0 rings (SSSR count). The summed E-state index contributed by atoms with van der Waals surface area (Å²) >= 11 is 0. The summed E-state index contributed by atoms with van der Waals surface area (Å²) in [4.78, 5) is 0. The van der Waals surface area contributed by atoms with Gasteiger partial charge in [-0.05, 0) is 32.7 Å². The molecule has 0 aromatic heterocycles. The van der Waals surface area contributed by atoms with Crippen LogP contribution in [0.15, 0.2) is 0 Å². The number of hydrogen-bond donors (Lipinski definition) is 4. The van der Waals surface area contributed by atoms with Gasteiger partial charge in [0.2, 0.25) is 0 Å². The number of aliphatic hydroxyl groups excluding tert-OH is 2. The number of nitrogens with one attached hydrogen (secondary N) is 1. The molecule has 25 heavy (non-hydrogen) atoms. The normalized spacial score (nSPS) is 12.8. The first-order chi connectivity index (χ1) is 12.2. The van der Waals surface area contributed by atoms with Crippen molar-refractivity contribution in [1.82, 2.24) is 5.32 Å². The van der Waals surface area contributed by atoms with Crippen molar-refractivity contribution in [3.63, 3.8) is 0 Å². The van der Waals surface area contributed by atoms with Gasteiger partial charge < -0.3 is 15.3 Å². The maximum absolute atomic E-state index is 9.37. The van der Waals surface area contributed by atoms with E-state index in [9.17, 15) is 5.11 Å². The molecular weight excluding hydrogens is 314 g/mol. The first-order valence-corrected chi connectivity index (χ1v) is 10.9. The van der Waals surface area contributed by atoms with Crippen LogP contribution in [-0.2, 0) is 0 Å². The quantitative estimate of drug-likeness (QED) is 0.185. The average molecular weight is 360 g/mol. The molecule has 0 aromatic carbocycles. The molecule has 0 fully saturated rings. The average Bonchev–Trinajstić information content (AvgIpc) is 2.60. The van der Waals surface area contributed by atoms with Crippen LogP contribution >= 0.6 is 0 Å². The molecular formula is C21H45NO3. The number of unbranched alkanes of at least 4 members (excludes halogenated alkanes) is 15. The van der Waals surface area contributed by atoms with Gasteiger partial charge in [0.05, 0.1) is 0 Å². The van der Waals surface area contributed by atoms with Gasteiger partial charge in [0.1, 0.15) is 6.23 Å². The number of aliphatic hydroxyl groups is 3. The standard InChI is InChI=1S/C21H45NO3/c1-22-20(23)18-16-14-12-10-8-6-4-2-3-5-7-9-11-13-15-17-19-21(24)25/h20-25H,2-19H2,1H3. The summed E-state index contributed by atoms with van der Waals surface area (Å²) in [6.45, 7) is 0. The molecule has 0 spiro atoms. The summed E-state index contributed by atoms with van der Waals surface area (Å²) in [6, 6.07) is 0. The van der Waals surface area contributed by atoms with Gasteiger partial charge in [0, 0.05) is 0 Å². The van der Waals surface area contributed by atoms with E-state index in [1.54, 1.807) is 7.05 Å². The van der Waals surface area contributed by atoms with E-state index in [-0.39, 0.29) is 6.23 Å². The first kappa shape index (κ1) is 24.8. The third-order valence-corrected chi connectivity index (χ3v) is 5.02. The number of rotatable bonds is 20. The van der Waals surface area contributed by atoms with Crippen LogP contribution < -0.4 is 5.32 Å². The van der Waals surface area contributed by atoms with E-state index >= 15 is 0 Å². The molecule has 0 saturated heterocycles. The Kier molecular flexibility index (Phi) is 20.0. The summed E-state index contributed by atoms with van der Waals surface area (Å²) in [6.07, 6.45) is 20.6. The summed E-state index contributed by atoms with van der Waals surface area (Å²) in [7, 11) is 1.80. The minimum Gasteiger partial charge on any atom is -0.379 e. The second-order valence-corrected chi connectivity index (χ2v) is 7.52. The Hall–Kier alpha value is -0.160. The van der Waals surface area contributed by atoms with Crippen LogP contribution in [0.4, 0.5) is 0 Å². The second-order valence-electron chi connectivity index (χ2n) is 7.52. The molecule has 0 aromatic rings. The fraction of sp³-hybridized carbons (Fsp3) is 1.00. The maximum atomic E-state index is 9.37. The first-order valence-electron chi connectivity index (χ1n) is 10.9. The van der Waals surface area contributed by atoms with Crippen molar-refractivity contribution < 1.29 is 15.3 Å². The Bertz CT molecular complexity index is 249. The molecule has 1 unspecified atom stereocenters. The molecule has 4 N–H and O–H groups in total. The highest BCUT2D eigenvalue weighted by atomic mass is 16.5. The lowest BCUT2D eigenvalue weighted by Gasteiger charge is -2.08. The van der Waals surface area contributed by atoms with Crippen LogP contribution in [0.3, 0.4) is 0 Å². The third-order valence-electron chi connectivity index (χ3n) is 5.02. The highest BCUT2D eigenvalue weighted by Gasteiger charge is 1.99. The fourth-order valence-corrected chi connectivity index (χ4v) is 3.28. The molecule has 0 amide bonds. The van der Waals surface area contributed by atoms with E-state index in [0.717, 1.165) is 25.7 Å². The lowest BCUT2D eigenvalue weighted by atomic mass is 10.0. The molecule has 0 saturated carbocycles. The predicted octanol–water partition coefficient (Wildman–Crippen LogP) is 4.86. The molecule has 0 aliphatic carbocycles. The van der Waals surface area contributed by atoms with Gasteiger partial charge in [-0.1, -0.05) is 89.9 Å². The Morgan fingerprint density at radius 1 is 0.480 bits per heavy atom. The zero-order valence-electron chi connectivity index (χ0n) is 16.7. The summed E-state index contributed by atoms with van der Waals surface area (Å²) in [5, 5.41) is 29.7. The Balaban J connectivity index is 3.01. The topological polar surface area (TPSA) is 72.7 Å². The monoisotopic (exact) mass is 359 g/mol. The van der Waals surface area contributed by atoms with Gasteiger partial charge in [-0.2, -0.15) is 0 Å². The van der Waals surface area contributed by atoms with Crippen molar-refractivity contribution in [1.29, 1.82) is 0 Å². The largest absolute Gasteiger partial charge is 0.379 e. The van der Waals surface area contributed by atoms with E-state index in [2.05, 4.69) is 5.32 Å². The summed E-state index contributed by atoms with van der Waals surface area (Å²) in [5.41, 5.74) is 0.